The van der Waals surface area contributed by atoms with Crippen molar-refractivity contribution in [1.82, 2.24) is 19.7 Å². The molecule has 1 saturated carbocycles. The van der Waals surface area contributed by atoms with Crippen LogP contribution in [-0.4, -0.2) is 63.9 Å². The molecule has 2 aliphatic heterocycles. The Balaban J connectivity index is 1.47. The maximum absolute atomic E-state index is 13.6. The molecule has 6 nitrogen and oxygen atoms in total. The monoisotopic (exact) mass is 436 g/mol. The van der Waals surface area contributed by atoms with Gasteiger partial charge in [0.1, 0.15) is 11.7 Å². The number of nitrogens with one attached hydrogen (secondary N) is 1. The molecule has 0 radical (unpaired) electrons. The van der Waals surface area contributed by atoms with E-state index < -0.39 is 0 Å². The molecule has 1 N–H and O–H groups in total. The maximum atomic E-state index is 13.6. The van der Waals surface area contributed by atoms with Gasteiger partial charge in [0.2, 0.25) is 5.91 Å². The largest absolute Gasteiger partial charge is 0.353 e. The summed E-state index contributed by atoms with van der Waals surface area (Å²) in [5.74, 6) is 0.134. The minimum Gasteiger partial charge on any atom is -0.353 e. The van der Waals surface area contributed by atoms with Gasteiger partial charge in [-0.05, 0) is 64.6 Å². The lowest BCUT2D eigenvalue weighted by molar-refractivity contribution is -0.125. The summed E-state index contributed by atoms with van der Waals surface area (Å²) in [7, 11) is 0. The number of carbonyl (C=O) groups is 2. The predicted molar refractivity (Wildman–Crippen MR) is 127 cm³/mol. The second-order valence-corrected chi connectivity index (χ2v) is 10.1. The van der Waals surface area contributed by atoms with Gasteiger partial charge in [-0.2, -0.15) is 0 Å². The first kappa shape index (κ1) is 21.5. The topological polar surface area (TPSA) is 57.6 Å². The number of aryl methyl sites for hydroxylation is 1. The Morgan fingerprint density at radius 1 is 1.12 bits per heavy atom. The van der Waals surface area contributed by atoms with Crippen LogP contribution in [0, 0.1) is 6.92 Å². The number of aromatic nitrogens is 1. The number of fused-ring (bicyclic) bond motifs is 3. The molecule has 32 heavy (non-hydrogen) atoms. The number of rotatable bonds is 5. The van der Waals surface area contributed by atoms with Crippen LogP contribution in [0.4, 0.5) is 0 Å². The number of likely N-dealkylation sites (tertiary alicyclic amines) is 1. The second-order valence-electron chi connectivity index (χ2n) is 10.1. The quantitative estimate of drug-likeness (QED) is 0.774. The Hall–Kier alpha value is -2.34. The third-order valence-corrected chi connectivity index (χ3v) is 7.97. The van der Waals surface area contributed by atoms with Gasteiger partial charge in [-0.3, -0.25) is 14.5 Å². The van der Waals surface area contributed by atoms with E-state index in [1.165, 1.54) is 19.3 Å². The zero-order valence-corrected chi connectivity index (χ0v) is 19.6. The van der Waals surface area contributed by atoms with Crippen LogP contribution < -0.4 is 5.32 Å². The highest BCUT2D eigenvalue weighted by molar-refractivity contribution is 6.04. The van der Waals surface area contributed by atoms with Crippen LogP contribution in [0.3, 0.4) is 0 Å². The maximum Gasteiger partial charge on any atom is 0.271 e. The highest BCUT2D eigenvalue weighted by atomic mass is 16.2. The van der Waals surface area contributed by atoms with E-state index in [9.17, 15) is 9.59 Å². The van der Waals surface area contributed by atoms with Crippen molar-refractivity contribution in [2.45, 2.75) is 83.5 Å². The van der Waals surface area contributed by atoms with Crippen molar-refractivity contribution >= 4 is 22.7 Å². The van der Waals surface area contributed by atoms with Crippen LogP contribution in [0.1, 0.15) is 74.5 Å². The first-order chi connectivity index (χ1) is 15.5. The molecule has 0 unspecified atom stereocenters. The van der Waals surface area contributed by atoms with Gasteiger partial charge in [0, 0.05) is 35.6 Å². The van der Waals surface area contributed by atoms with Crippen LogP contribution in [0.15, 0.2) is 24.3 Å². The van der Waals surface area contributed by atoms with Crippen molar-refractivity contribution in [3.63, 3.8) is 0 Å². The smallest absolute Gasteiger partial charge is 0.271 e. The number of amides is 2. The van der Waals surface area contributed by atoms with E-state index in [1.54, 1.807) is 0 Å². The number of hydrogen-bond acceptors (Lipinski definition) is 3. The van der Waals surface area contributed by atoms with Gasteiger partial charge in [0.15, 0.2) is 0 Å². The molecule has 6 heteroatoms. The Morgan fingerprint density at radius 3 is 2.62 bits per heavy atom. The summed E-state index contributed by atoms with van der Waals surface area (Å²) in [5, 5.41) is 4.35. The van der Waals surface area contributed by atoms with E-state index in [1.807, 2.05) is 34.6 Å². The first-order valence-corrected chi connectivity index (χ1v) is 12.4. The van der Waals surface area contributed by atoms with E-state index in [4.69, 9.17) is 0 Å². The molecule has 2 atom stereocenters. The van der Waals surface area contributed by atoms with E-state index in [2.05, 4.69) is 30.1 Å². The third-order valence-electron chi connectivity index (χ3n) is 7.97. The molecule has 1 saturated heterocycles. The average molecular weight is 437 g/mol. The Morgan fingerprint density at radius 2 is 1.88 bits per heavy atom. The number of hydrogen-bond donors (Lipinski definition) is 1. The lowest BCUT2D eigenvalue weighted by Crippen LogP contribution is -2.52. The van der Waals surface area contributed by atoms with Crippen molar-refractivity contribution in [3.8, 4) is 0 Å². The summed E-state index contributed by atoms with van der Waals surface area (Å²) in [4.78, 5) is 31.7. The van der Waals surface area contributed by atoms with E-state index in [0.717, 1.165) is 42.3 Å². The molecular formula is C26H36N4O2. The highest BCUT2D eigenvalue weighted by Crippen LogP contribution is 2.36. The molecule has 172 valence electrons. The Kier molecular flexibility index (Phi) is 5.74. The van der Waals surface area contributed by atoms with E-state index in [0.29, 0.717) is 30.9 Å². The molecular weight excluding hydrogens is 400 g/mol. The van der Waals surface area contributed by atoms with Crippen LogP contribution >= 0.6 is 0 Å². The number of benzene rings is 1. The summed E-state index contributed by atoms with van der Waals surface area (Å²) in [6.07, 6.45) is 6.75. The Bertz CT molecular complexity index is 1020. The van der Waals surface area contributed by atoms with Crippen molar-refractivity contribution in [2.75, 3.05) is 19.6 Å². The van der Waals surface area contributed by atoms with Crippen LogP contribution in [0.25, 0.3) is 10.9 Å². The first-order valence-electron chi connectivity index (χ1n) is 12.4. The van der Waals surface area contributed by atoms with Crippen molar-refractivity contribution < 1.29 is 9.59 Å². The van der Waals surface area contributed by atoms with Crippen LogP contribution in [-0.2, 0) is 4.79 Å². The second kappa shape index (κ2) is 8.54. The van der Waals surface area contributed by atoms with Gasteiger partial charge in [0.05, 0.1) is 6.54 Å². The fourth-order valence-electron chi connectivity index (χ4n) is 6.33. The normalized spacial score (nSPS) is 24.6. The molecule has 2 fully saturated rings. The Labute approximate surface area is 190 Å². The molecule has 3 aliphatic rings. The van der Waals surface area contributed by atoms with Crippen LogP contribution in [0.5, 0.6) is 0 Å². The number of nitrogens with zero attached hydrogens (tertiary/aromatic N) is 3. The summed E-state index contributed by atoms with van der Waals surface area (Å²) >= 11 is 0. The standard InChI is InChI=1S/C26H36N4O2/c1-17(2)28-14-8-11-20(28)15-27-25(31)23-16-29(19-9-4-5-10-19)26(32)24-18(3)21-12-6-7-13-22(21)30(23)24/h6-7,12-13,17,19-20,23H,4-5,8-11,14-16H2,1-3H3,(H,27,31)/t20-,23+/m0/s1. The van der Waals surface area contributed by atoms with Gasteiger partial charge in [-0.1, -0.05) is 31.0 Å². The molecule has 0 spiro atoms. The zero-order chi connectivity index (χ0) is 22.4. The van der Waals surface area contributed by atoms with E-state index in [-0.39, 0.29) is 23.9 Å². The summed E-state index contributed by atoms with van der Waals surface area (Å²) in [6, 6.07) is 8.89. The van der Waals surface area contributed by atoms with Gasteiger partial charge in [-0.15, -0.1) is 0 Å². The summed E-state index contributed by atoms with van der Waals surface area (Å²) in [5.41, 5.74) is 2.69. The van der Waals surface area contributed by atoms with E-state index >= 15 is 0 Å². The summed E-state index contributed by atoms with van der Waals surface area (Å²) < 4.78 is 2.03. The van der Waals surface area contributed by atoms with Crippen LogP contribution in [0.2, 0.25) is 0 Å². The minimum atomic E-state index is -0.379. The SMILES string of the molecule is Cc1c2n(c3ccccc13)[C@@H](C(=O)NC[C@@H]1CCCN1C(C)C)CN(C1CCCC1)C2=O. The van der Waals surface area contributed by atoms with Crippen molar-refractivity contribution in [3.05, 3.63) is 35.5 Å². The molecule has 5 rings (SSSR count). The molecule has 0 bridgehead atoms. The van der Waals surface area contributed by atoms with Crippen molar-refractivity contribution in [2.24, 2.45) is 0 Å². The zero-order valence-electron chi connectivity index (χ0n) is 19.6. The number of carbonyl (C=O) groups excluding carboxylic acids is 2. The predicted octanol–water partition coefficient (Wildman–Crippen LogP) is 3.88. The summed E-state index contributed by atoms with van der Waals surface area (Å²) in [6.45, 7) is 8.74. The third kappa shape index (κ3) is 3.53. The fraction of sp³-hybridized carbons (Fsp3) is 0.615. The molecule has 2 aromatic rings. The van der Waals surface area contributed by atoms with Gasteiger partial charge in [-0.25, -0.2) is 0 Å². The average Bonchev–Trinajstić information content (AvgIpc) is 3.53. The fourth-order valence-corrected chi connectivity index (χ4v) is 6.33. The lowest BCUT2D eigenvalue weighted by atomic mass is 10.1. The van der Waals surface area contributed by atoms with Gasteiger partial charge >= 0.3 is 0 Å². The lowest BCUT2D eigenvalue weighted by Gasteiger charge is -2.38. The number of para-hydroxylation sites is 1. The molecule has 3 heterocycles. The molecule has 2 amide bonds. The minimum absolute atomic E-state index is 0.0399. The highest BCUT2D eigenvalue weighted by Gasteiger charge is 2.41. The molecule has 1 aromatic carbocycles. The van der Waals surface area contributed by atoms with Gasteiger partial charge in [0.25, 0.3) is 5.91 Å². The van der Waals surface area contributed by atoms with Gasteiger partial charge < -0.3 is 14.8 Å². The van der Waals surface area contributed by atoms with Crippen molar-refractivity contribution in [1.29, 1.82) is 0 Å². The molecule has 1 aliphatic carbocycles. The molecule has 1 aromatic heterocycles.